The highest BCUT2D eigenvalue weighted by atomic mass is 16.1. The molecule has 0 spiro atoms. The quantitative estimate of drug-likeness (QED) is 0.672. The average Bonchev–Trinajstić information content (AvgIpc) is 1.97. The highest BCUT2D eigenvalue weighted by Gasteiger charge is 2.33. The molecule has 0 aliphatic carbocycles. The SMILES string of the molecule is CCCC(=O)C(CC(C)(C)C)C(C)(C)C. The lowest BCUT2D eigenvalue weighted by Gasteiger charge is -2.34. The molecule has 0 aliphatic heterocycles. The van der Waals surface area contributed by atoms with Crippen molar-refractivity contribution in [2.45, 2.75) is 67.7 Å². The van der Waals surface area contributed by atoms with Gasteiger partial charge in [-0.15, -0.1) is 0 Å². The molecule has 1 unspecified atom stereocenters. The Balaban J connectivity index is 4.68. The number of hydrogen-bond acceptors (Lipinski definition) is 1. The van der Waals surface area contributed by atoms with Crippen LogP contribution in [-0.4, -0.2) is 5.78 Å². The first-order valence-corrected chi connectivity index (χ1v) is 6.10. The van der Waals surface area contributed by atoms with Gasteiger partial charge in [0.05, 0.1) is 0 Å². The molecular weight excluding hydrogens is 184 g/mol. The third-order valence-corrected chi connectivity index (χ3v) is 2.75. The Labute approximate surface area is 95.6 Å². The second kappa shape index (κ2) is 5.14. The van der Waals surface area contributed by atoms with Gasteiger partial charge in [-0.25, -0.2) is 0 Å². The minimum Gasteiger partial charge on any atom is -0.299 e. The fraction of sp³-hybridized carbons (Fsp3) is 0.929. The Morgan fingerprint density at radius 3 is 1.80 bits per heavy atom. The van der Waals surface area contributed by atoms with Gasteiger partial charge in [0.2, 0.25) is 0 Å². The van der Waals surface area contributed by atoms with E-state index in [9.17, 15) is 4.79 Å². The smallest absolute Gasteiger partial charge is 0.136 e. The van der Waals surface area contributed by atoms with Crippen LogP contribution in [0.3, 0.4) is 0 Å². The molecule has 1 atom stereocenters. The average molecular weight is 212 g/mol. The van der Waals surface area contributed by atoms with Crippen LogP contribution in [0.15, 0.2) is 0 Å². The van der Waals surface area contributed by atoms with E-state index in [1.807, 2.05) is 0 Å². The fourth-order valence-corrected chi connectivity index (χ4v) is 1.94. The zero-order chi connectivity index (χ0) is 12.3. The van der Waals surface area contributed by atoms with Gasteiger partial charge < -0.3 is 0 Å². The van der Waals surface area contributed by atoms with Crippen molar-refractivity contribution in [2.75, 3.05) is 0 Å². The molecule has 0 amide bonds. The normalized spacial score (nSPS) is 15.1. The lowest BCUT2D eigenvalue weighted by Crippen LogP contribution is -2.32. The van der Waals surface area contributed by atoms with E-state index >= 15 is 0 Å². The number of carbonyl (C=O) groups excluding carboxylic acids is 1. The Bertz CT molecular complexity index is 202. The van der Waals surface area contributed by atoms with Gasteiger partial charge in [-0.05, 0) is 23.7 Å². The first-order chi connectivity index (χ1) is 6.58. The first-order valence-electron chi connectivity index (χ1n) is 6.10. The maximum absolute atomic E-state index is 12.1. The third kappa shape index (κ3) is 5.96. The van der Waals surface area contributed by atoms with Crippen molar-refractivity contribution in [1.82, 2.24) is 0 Å². The monoisotopic (exact) mass is 212 g/mol. The summed E-state index contributed by atoms with van der Waals surface area (Å²) in [7, 11) is 0. The van der Waals surface area contributed by atoms with E-state index in [1.165, 1.54) is 0 Å². The summed E-state index contributed by atoms with van der Waals surface area (Å²) in [5.41, 5.74) is 0.334. The van der Waals surface area contributed by atoms with Crippen LogP contribution in [0.4, 0.5) is 0 Å². The van der Waals surface area contributed by atoms with E-state index in [1.54, 1.807) is 0 Å². The second-order valence-corrected chi connectivity index (χ2v) is 6.90. The lowest BCUT2D eigenvalue weighted by molar-refractivity contribution is -0.127. The lowest BCUT2D eigenvalue weighted by atomic mass is 9.69. The molecule has 90 valence electrons. The van der Waals surface area contributed by atoms with Crippen molar-refractivity contribution < 1.29 is 4.79 Å². The fourth-order valence-electron chi connectivity index (χ4n) is 1.94. The molecule has 0 aliphatic rings. The van der Waals surface area contributed by atoms with E-state index in [0.717, 1.165) is 19.3 Å². The number of carbonyl (C=O) groups is 1. The van der Waals surface area contributed by atoms with Crippen LogP contribution in [0, 0.1) is 16.7 Å². The highest BCUT2D eigenvalue weighted by molar-refractivity contribution is 5.81. The predicted octanol–water partition coefficient (Wildman–Crippen LogP) is 4.45. The Morgan fingerprint density at radius 2 is 1.53 bits per heavy atom. The molecule has 0 aromatic carbocycles. The highest BCUT2D eigenvalue weighted by Crippen LogP contribution is 2.37. The summed E-state index contributed by atoms with van der Waals surface area (Å²) in [5, 5.41) is 0. The van der Waals surface area contributed by atoms with Crippen molar-refractivity contribution in [3.8, 4) is 0 Å². The molecule has 0 saturated heterocycles. The van der Waals surface area contributed by atoms with Crippen LogP contribution in [-0.2, 0) is 4.79 Å². The second-order valence-electron chi connectivity index (χ2n) is 6.90. The number of hydrogen-bond donors (Lipinski definition) is 0. The van der Waals surface area contributed by atoms with Crippen LogP contribution in [0.25, 0.3) is 0 Å². The molecule has 0 aromatic heterocycles. The summed E-state index contributed by atoms with van der Waals surface area (Å²) in [6.07, 6.45) is 2.70. The summed E-state index contributed by atoms with van der Waals surface area (Å²) >= 11 is 0. The molecule has 0 heterocycles. The molecule has 0 radical (unpaired) electrons. The number of ketones is 1. The number of rotatable bonds is 4. The maximum atomic E-state index is 12.1. The van der Waals surface area contributed by atoms with Crippen molar-refractivity contribution in [3.05, 3.63) is 0 Å². The molecule has 1 heteroatoms. The summed E-state index contributed by atoms with van der Waals surface area (Å²) in [6, 6.07) is 0. The maximum Gasteiger partial charge on any atom is 0.136 e. The van der Waals surface area contributed by atoms with Gasteiger partial charge >= 0.3 is 0 Å². The minimum absolute atomic E-state index is 0.0968. The molecular formula is C14H28O. The van der Waals surface area contributed by atoms with E-state index in [0.29, 0.717) is 5.78 Å². The van der Waals surface area contributed by atoms with Gasteiger partial charge in [-0.3, -0.25) is 4.79 Å². The summed E-state index contributed by atoms with van der Waals surface area (Å²) in [4.78, 5) is 12.1. The summed E-state index contributed by atoms with van der Waals surface area (Å²) < 4.78 is 0. The topological polar surface area (TPSA) is 17.1 Å². The van der Waals surface area contributed by atoms with Crippen LogP contribution < -0.4 is 0 Å². The molecule has 0 fully saturated rings. The van der Waals surface area contributed by atoms with E-state index < -0.39 is 0 Å². The standard InChI is InChI=1S/C14H28O/c1-8-9-12(15)11(14(5,6)7)10-13(2,3)4/h11H,8-10H2,1-7H3. The molecule has 15 heavy (non-hydrogen) atoms. The van der Waals surface area contributed by atoms with Crippen LogP contribution in [0.2, 0.25) is 0 Å². The van der Waals surface area contributed by atoms with Gasteiger partial charge in [-0.2, -0.15) is 0 Å². The molecule has 0 saturated carbocycles. The van der Waals surface area contributed by atoms with E-state index in [4.69, 9.17) is 0 Å². The van der Waals surface area contributed by atoms with Crippen LogP contribution >= 0.6 is 0 Å². The van der Waals surface area contributed by atoms with Gasteiger partial charge in [0.15, 0.2) is 0 Å². The van der Waals surface area contributed by atoms with Crippen molar-refractivity contribution >= 4 is 5.78 Å². The van der Waals surface area contributed by atoms with Crippen molar-refractivity contribution in [2.24, 2.45) is 16.7 Å². The molecule has 0 rings (SSSR count). The Kier molecular flexibility index (Phi) is 5.02. The summed E-state index contributed by atoms with van der Waals surface area (Å²) in [6.45, 7) is 15.3. The van der Waals surface area contributed by atoms with Crippen molar-refractivity contribution in [3.63, 3.8) is 0 Å². The Hall–Kier alpha value is -0.330. The molecule has 0 aromatic rings. The van der Waals surface area contributed by atoms with Gasteiger partial charge in [0, 0.05) is 12.3 Å². The van der Waals surface area contributed by atoms with Gasteiger partial charge in [0.25, 0.3) is 0 Å². The first kappa shape index (κ1) is 14.7. The molecule has 0 N–H and O–H groups in total. The zero-order valence-electron chi connectivity index (χ0n) is 11.6. The van der Waals surface area contributed by atoms with Crippen LogP contribution in [0.5, 0.6) is 0 Å². The molecule has 0 bridgehead atoms. The Morgan fingerprint density at radius 1 is 1.07 bits per heavy atom. The molecule has 1 nitrogen and oxygen atoms in total. The van der Waals surface area contributed by atoms with Gasteiger partial charge in [-0.1, -0.05) is 48.5 Å². The van der Waals surface area contributed by atoms with Gasteiger partial charge in [0.1, 0.15) is 5.78 Å². The number of Topliss-reactive ketones (excluding diaryl/α,β-unsaturated/α-hetero) is 1. The predicted molar refractivity (Wildman–Crippen MR) is 66.9 cm³/mol. The van der Waals surface area contributed by atoms with E-state index in [2.05, 4.69) is 48.5 Å². The van der Waals surface area contributed by atoms with E-state index in [-0.39, 0.29) is 16.7 Å². The largest absolute Gasteiger partial charge is 0.299 e. The zero-order valence-corrected chi connectivity index (χ0v) is 11.6. The minimum atomic E-state index is 0.0968. The van der Waals surface area contributed by atoms with Crippen molar-refractivity contribution in [1.29, 1.82) is 0 Å². The van der Waals surface area contributed by atoms with Crippen LogP contribution in [0.1, 0.15) is 67.7 Å². The summed E-state index contributed by atoms with van der Waals surface area (Å²) in [5.74, 6) is 0.650. The third-order valence-electron chi connectivity index (χ3n) is 2.75.